The fourth-order valence-corrected chi connectivity index (χ4v) is 2.49. The number of benzene rings is 1. The van der Waals surface area contributed by atoms with Crippen molar-refractivity contribution in [3.05, 3.63) is 35.9 Å². The lowest BCUT2D eigenvalue weighted by atomic mass is 10.0. The van der Waals surface area contributed by atoms with Gasteiger partial charge in [0, 0.05) is 6.92 Å². The molecular formula is C13H15NO3. The molecule has 17 heavy (non-hydrogen) atoms. The van der Waals surface area contributed by atoms with E-state index in [2.05, 4.69) is 0 Å². The number of carboxylic acid groups (broad SMARTS) is 1. The number of carboxylic acids is 1. The molecule has 1 aliphatic heterocycles. The van der Waals surface area contributed by atoms with Crippen molar-refractivity contribution in [3.8, 4) is 0 Å². The van der Waals surface area contributed by atoms with E-state index in [0.717, 1.165) is 5.56 Å². The van der Waals surface area contributed by atoms with Crippen LogP contribution in [-0.4, -0.2) is 27.9 Å². The Morgan fingerprint density at radius 1 is 1.24 bits per heavy atom. The summed E-state index contributed by atoms with van der Waals surface area (Å²) < 4.78 is 0. The van der Waals surface area contributed by atoms with Crippen molar-refractivity contribution in [1.82, 2.24) is 4.90 Å². The van der Waals surface area contributed by atoms with Gasteiger partial charge in [-0.15, -0.1) is 0 Å². The van der Waals surface area contributed by atoms with Gasteiger partial charge < -0.3 is 10.0 Å². The zero-order chi connectivity index (χ0) is 12.4. The van der Waals surface area contributed by atoms with Gasteiger partial charge in [-0.2, -0.15) is 0 Å². The Balaban J connectivity index is 2.30. The molecule has 2 rings (SSSR count). The normalized spacial score (nSPS) is 23.7. The third kappa shape index (κ3) is 2.16. The van der Waals surface area contributed by atoms with Crippen LogP contribution in [0.1, 0.15) is 31.4 Å². The molecule has 90 valence electrons. The number of hydrogen-bond donors (Lipinski definition) is 1. The van der Waals surface area contributed by atoms with Crippen molar-refractivity contribution in [2.24, 2.45) is 0 Å². The molecule has 4 heteroatoms. The zero-order valence-electron chi connectivity index (χ0n) is 9.67. The van der Waals surface area contributed by atoms with Crippen LogP contribution in [0.4, 0.5) is 0 Å². The number of likely N-dealkylation sites (tertiary alicyclic amines) is 1. The van der Waals surface area contributed by atoms with E-state index in [1.165, 1.54) is 11.8 Å². The van der Waals surface area contributed by atoms with Crippen molar-refractivity contribution < 1.29 is 14.7 Å². The van der Waals surface area contributed by atoms with Crippen LogP contribution < -0.4 is 0 Å². The topological polar surface area (TPSA) is 57.6 Å². The molecule has 0 aliphatic carbocycles. The zero-order valence-corrected chi connectivity index (χ0v) is 9.67. The maximum atomic E-state index is 11.6. The summed E-state index contributed by atoms with van der Waals surface area (Å²) >= 11 is 0. The van der Waals surface area contributed by atoms with Crippen LogP contribution in [0.5, 0.6) is 0 Å². The van der Waals surface area contributed by atoms with Crippen LogP contribution in [0.2, 0.25) is 0 Å². The van der Waals surface area contributed by atoms with Gasteiger partial charge >= 0.3 is 5.97 Å². The highest BCUT2D eigenvalue weighted by Crippen LogP contribution is 2.36. The Kier molecular flexibility index (Phi) is 3.13. The Bertz CT molecular complexity index is 430. The van der Waals surface area contributed by atoms with Crippen LogP contribution in [0.25, 0.3) is 0 Å². The first kappa shape index (κ1) is 11.6. The number of aliphatic carboxylic acids is 1. The summed E-state index contributed by atoms with van der Waals surface area (Å²) in [6.07, 6.45) is 1.23. The first-order valence-electron chi connectivity index (χ1n) is 5.68. The minimum Gasteiger partial charge on any atom is -0.480 e. The minimum absolute atomic E-state index is 0.102. The van der Waals surface area contributed by atoms with Crippen LogP contribution in [0.15, 0.2) is 30.3 Å². The van der Waals surface area contributed by atoms with E-state index in [1.807, 2.05) is 30.3 Å². The van der Waals surface area contributed by atoms with Gasteiger partial charge in [-0.1, -0.05) is 30.3 Å². The maximum Gasteiger partial charge on any atom is 0.326 e. The summed E-state index contributed by atoms with van der Waals surface area (Å²) in [6.45, 7) is 1.43. The average Bonchev–Trinajstić information content (AvgIpc) is 2.74. The molecule has 1 fully saturated rings. The monoisotopic (exact) mass is 233 g/mol. The Labute approximate surface area is 99.9 Å². The van der Waals surface area contributed by atoms with Gasteiger partial charge in [-0.3, -0.25) is 4.79 Å². The summed E-state index contributed by atoms with van der Waals surface area (Å²) in [6, 6.07) is 8.80. The molecule has 0 aromatic heterocycles. The summed E-state index contributed by atoms with van der Waals surface area (Å²) in [5, 5.41) is 9.10. The van der Waals surface area contributed by atoms with Gasteiger partial charge in [-0.05, 0) is 18.4 Å². The van der Waals surface area contributed by atoms with E-state index in [-0.39, 0.29) is 11.9 Å². The van der Waals surface area contributed by atoms with Gasteiger partial charge in [-0.25, -0.2) is 4.79 Å². The van der Waals surface area contributed by atoms with Crippen LogP contribution >= 0.6 is 0 Å². The molecule has 1 aromatic carbocycles. The summed E-state index contributed by atoms with van der Waals surface area (Å²) in [5.74, 6) is -1.10. The first-order chi connectivity index (χ1) is 8.11. The predicted octanol–water partition coefficient (Wildman–Crippen LogP) is 1.82. The molecule has 1 aliphatic rings. The van der Waals surface area contributed by atoms with Gasteiger partial charge in [0.15, 0.2) is 0 Å². The molecule has 1 heterocycles. The molecule has 1 amide bonds. The van der Waals surface area contributed by atoms with Gasteiger partial charge in [0.25, 0.3) is 0 Å². The highest BCUT2D eigenvalue weighted by molar-refractivity contribution is 5.83. The van der Waals surface area contributed by atoms with Crippen LogP contribution in [0.3, 0.4) is 0 Å². The highest BCUT2D eigenvalue weighted by Gasteiger charge is 2.39. The van der Waals surface area contributed by atoms with Crippen molar-refractivity contribution in [2.75, 3.05) is 0 Å². The Morgan fingerprint density at radius 2 is 1.88 bits per heavy atom. The van der Waals surface area contributed by atoms with E-state index in [0.29, 0.717) is 12.8 Å². The van der Waals surface area contributed by atoms with Crippen molar-refractivity contribution in [1.29, 1.82) is 0 Å². The molecule has 0 saturated carbocycles. The fraction of sp³-hybridized carbons (Fsp3) is 0.385. The quantitative estimate of drug-likeness (QED) is 0.847. The molecule has 0 unspecified atom stereocenters. The van der Waals surface area contributed by atoms with Gasteiger partial charge in [0.2, 0.25) is 5.91 Å². The van der Waals surface area contributed by atoms with Crippen LogP contribution in [-0.2, 0) is 9.59 Å². The van der Waals surface area contributed by atoms with Crippen LogP contribution in [0, 0.1) is 0 Å². The molecule has 1 aromatic rings. The van der Waals surface area contributed by atoms with E-state index in [1.54, 1.807) is 0 Å². The average molecular weight is 233 g/mol. The molecule has 4 nitrogen and oxygen atoms in total. The number of carbonyl (C=O) groups is 2. The molecule has 0 spiro atoms. The molecule has 0 radical (unpaired) electrons. The second-order valence-electron chi connectivity index (χ2n) is 4.28. The lowest BCUT2D eigenvalue weighted by molar-refractivity contribution is -0.148. The molecular weight excluding hydrogens is 218 g/mol. The Morgan fingerprint density at radius 3 is 2.41 bits per heavy atom. The lowest BCUT2D eigenvalue weighted by Gasteiger charge is -2.27. The molecule has 0 bridgehead atoms. The highest BCUT2D eigenvalue weighted by atomic mass is 16.4. The molecule has 1 saturated heterocycles. The summed E-state index contributed by atoms with van der Waals surface area (Å²) in [7, 11) is 0. The summed E-state index contributed by atoms with van der Waals surface area (Å²) in [5.41, 5.74) is 1.01. The van der Waals surface area contributed by atoms with Crippen molar-refractivity contribution in [2.45, 2.75) is 31.8 Å². The molecule has 2 atom stereocenters. The number of carbonyl (C=O) groups excluding carboxylic acids is 1. The lowest BCUT2D eigenvalue weighted by Crippen LogP contribution is -2.40. The number of amides is 1. The largest absolute Gasteiger partial charge is 0.480 e. The van der Waals surface area contributed by atoms with E-state index in [4.69, 9.17) is 5.11 Å². The maximum absolute atomic E-state index is 11.6. The first-order valence-corrected chi connectivity index (χ1v) is 5.68. The van der Waals surface area contributed by atoms with E-state index in [9.17, 15) is 9.59 Å². The Hall–Kier alpha value is -1.84. The smallest absolute Gasteiger partial charge is 0.326 e. The molecule has 1 N–H and O–H groups in total. The number of rotatable bonds is 2. The van der Waals surface area contributed by atoms with E-state index >= 15 is 0 Å². The SMILES string of the molecule is CC(=O)N1[C@@H](C(=O)O)CC[C@H]1c1ccccc1. The van der Waals surface area contributed by atoms with Gasteiger partial charge in [0.1, 0.15) is 6.04 Å². The fourth-order valence-electron chi connectivity index (χ4n) is 2.49. The standard InChI is InChI=1S/C13H15NO3/c1-9(15)14-11(7-8-12(14)13(16)17)10-5-3-2-4-6-10/h2-6,11-12H,7-8H2,1H3,(H,16,17)/t11-,12+/m0/s1. The van der Waals surface area contributed by atoms with Crippen molar-refractivity contribution >= 4 is 11.9 Å². The minimum atomic E-state index is -0.918. The summed E-state index contributed by atoms with van der Waals surface area (Å²) in [4.78, 5) is 24.2. The van der Waals surface area contributed by atoms with E-state index < -0.39 is 12.0 Å². The second kappa shape index (κ2) is 4.57. The van der Waals surface area contributed by atoms with Crippen molar-refractivity contribution in [3.63, 3.8) is 0 Å². The third-order valence-corrected chi connectivity index (χ3v) is 3.22. The third-order valence-electron chi connectivity index (χ3n) is 3.22. The number of nitrogens with zero attached hydrogens (tertiary/aromatic N) is 1. The second-order valence-corrected chi connectivity index (χ2v) is 4.28. The predicted molar refractivity (Wildman–Crippen MR) is 62.4 cm³/mol. The van der Waals surface area contributed by atoms with Gasteiger partial charge in [0.05, 0.1) is 6.04 Å². The number of hydrogen-bond acceptors (Lipinski definition) is 2.